The third kappa shape index (κ3) is 4.43. The van der Waals surface area contributed by atoms with Crippen LogP contribution in [0.15, 0.2) is 24.3 Å². The smallest absolute Gasteiger partial charge is 0.410 e. The fourth-order valence-corrected chi connectivity index (χ4v) is 2.62. The first-order chi connectivity index (χ1) is 9.74. The van der Waals surface area contributed by atoms with Crippen LogP contribution in [-0.4, -0.2) is 35.7 Å². The van der Waals surface area contributed by atoms with Gasteiger partial charge in [0.05, 0.1) is 0 Å². The number of nitrogens with two attached hydrogens (primary N) is 1. The summed E-state index contributed by atoms with van der Waals surface area (Å²) in [6, 6.07) is 6.36. The van der Waals surface area contributed by atoms with Gasteiger partial charge in [0.2, 0.25) is 0 Å². The number of rotatable bonds is 1. The predicted octanol–water partition coefficient (Wildman–Crippen LogP) is 2.88. The van der Waals surface area contributed by atoms with Crippen molar-refractivity contribution >= 4 is 6.09 Å². The van der Waals surface area contributed by atoms with Gasteiger partial charge in [0.25, 0.3) is 0 Å². The highest BCUT2D eigenvalue weighted by atomic mass is 19.1. The molecule has 0 radical (unpaired) electrons. The normalized spacial score (nSPS) is 23.0. The van der Waals surface area contributed by atoms with Crippen molar-refractivity contribution in [2.45, 2.75) is 44.8 Å². The van der Waals surface area contributed by atoms with Crippen LogP contribution in [0.5, 0.6) is 0 Å². The maximum absolute atomic E-state index is 13.4. The molecule has 1 aromatic rings. The summed E-state index contributed by atoms with van der Waals surface area (Å²) in [5.74, 6) is -0.229. The molecule has 4 nitrogen and oxygen atoms in total. The quantitative estimate of drug-likeness (QED) is 0.866. The molecule has 2 rings (SSSR count). The van der Waals surface area contributed by atoms with Gasteiger partial charge in [-0.1, -0.05) is 12.1 Å². The number of hydrogen-bond donors (Lipinski definition) is 1. The van der Waals surface area contributed by atoms with Gasteiger partial charge in [-0.05, 0) is 44.9 Å². The molecule has 1 aromatic carbocycles. The summed E-state index contributed by atoms with van der Waals surface area (Å²) in [4.78, 5) is 13.8. The number of carbonyl (C=O) groups excluding carboxylic acids is 1. The molecule has 0 spiro atoms. The molecule has 0 unspecified atom stereocenters. The first kappa shape index (κ1) is 15.8. The number of hydrogen-bond acceptors (Lipinski definition) is 3. The summed E-state index contributed by atoms with van der Waals surface area (Å²) >= 11 is 0. The fourth-order valence-electron chi connectivity index (χ4n) is 2.62. The number of amides is 1. The number of piperidine rings is 1. The first-order valence-electron chi connectivity index (χ1n) is 7.23. The average Bonchev–Trinajstić information content (AvgIpc) is 2.36. The van der Waals surface area contributed by atoms with Gasteiger partial charge < -0.3 is 15.4 Å². The molecule has 1 heterocycles. The van der Waals surface area contributed by atoms with Crippen molar-refractivity contribution in [1.82, 2.24) is 4.90 Å². The van der Waals surface area contributed by atoms with Crippen molar-refractivity contribution in [3.8, 4) is 0 Å². The van der Waals surface area contributed by atoms with Crippen LogP contribution in [0, 0.1) is 5.82 Å². The highest BCUT2D eigenvalue weighted by molar-refractivity contribution is 5.68. The molecule has 1 saturated heterocycles. The summed E-state index contributed by atoms with van der Waals surface area (Å²) < 4.78 is 18.8. The molecule has 116 valence electrons. The van der Waals surface area contributed by atoms with E-state index in [4.69, 9.17) is 10.5 Å². The van der Waals surface area contributed by atoms with E-state index in [9.17, 15) is 9.18 Å². The van der Waals surface area contributed by atoms with Gasteiger partial charge in [-0.15, -0.1) is 0 Å². The summed E-state index contributed by atoms with van der Waals surface area (Å²) in [6.45, 7) is 6.48. The molecule has 1 amide bonds. The highest BCUT2D eigenvalue weighted by Gasteiger charge is 2.31. The Morgan fingerprint density at radius 2 is 2.10 bits per heavy atom. The molecule has 2 N–H and O–H groups in total. The van der Waals surface area contributed by atoms with E-state index in [2.05, 4.69) is 0 Å². The van der Waals surface area contributed by atoms with Crippen LogP contribution in [0.25, 0.3) is 0 Å². The molecule has 2 atom stereocenters. The Hall–Kier alpha value is -1.62. The van der Waals surface area contributed by atoms with E-state index in [1.165, 1.54) is 12.1 Å². The van der Waals surface area contributed by atoms with Crippen molar-refractivity contribution in [3.05, 3.63) is 35.6 Å². The number of halogens is 1. The number of ether oxygens (including phenoxy) is 1. The molecule has 5 heteroatoms. The summed E-state index contributed by atoms with van der Waals surface area (Å²) in [6.07, 6.45) is 0.377. The van der Waals surface area contributed by atoms with Crippen molar-refractivity contribution in [1.29, 1.82) is 0 Å². The van der Waals surface area contributed by atoms with E-state index in [1.807, 2.05) is 26.8 Å². The minimum Gasteiger partial charge on any atom is -0.444 e. The van der Waals surface area contributed by atoms with E-state index in [0.717, 1.165) is 12.0 Å². The summed E-state index contributed by atoms with van der Waals surface area (Å²) in [5, 5.41) is 0. The lowest BCUT2D eigenvalue weighted by atomic mass is 9.88. The standard InChI is InChI=1S/C16H23FN2O2/c1-16(2,3)21-15(20)19-9-12(8-14(18)10-19)11-5-4-6-13(17)7-11/h4-7,12,14H,8-10,18H2,1-3H3/t12-,14+/m0/s1. The SMILES string of the molecule is CC(C)(C)OC(=O)N1C[C@H](N)C[C@H](c2cccc(F)c2)C1. The minimum atomic E-state index is -0.535. The first-order valence-corrected chi connectivity index (χ1v) is 7.23. The van der Waals surface area contributed by atoms with Gasteiger partial charge in [0.1, 0.15) is 11.4 Å². The monoisotopic (exact) mass is 294 g/mol. The second-order valence-corrected chi connectivity index (χ2v) is 6.63. The van der Waals surface area contributed by atoms with Crippen LogP contribution in [-0.2, 0) is 4.74 Å². The molecule has 0 aliphatic carbocycles. The average molecular weight is 294 g/mol. The Balaban J connectivity index is 2.10. The van der Waals surface area contributed by atoms with Gasteiger partial charge in [-0.25, -0.2) is 9.18 Å². The number of likely N-dealkylation sites (tertiary alicyclic amines) is 1. The molecule has 0 aromatic heterocycles. The van der Waals surface area contributed by atoms with Crippen LogP contribution in [0.2, 0.25) is 0 Å². The van der Waals surface area contributed by atoms with Gasteiger partial charge in [0.15, 0.2) is 0 Å². The molecule has 0 saturated carbocycles. The van der Waals surface area contributed by atoms with Crippen LogP contribution >= 0.6 is 0 Å². The third-order valence-corrected chi connectivity index (χ3v) is 3.45. The summed E-state index contributed by atoms with van der Waals surface area (Å²) in [5.41, 5.74) is 6.39. The highest BCUT2D eigenvalue weighted by Crippen LogP contribution is 2.27. The number of benzene rings is 1. The second-order valence-electron chi connectivity index (χ2n) is 6.63. The second kappa shape index (κ2) is 6.02. The van der Waals surface area contributed by atoms with Crippen LogP contribution in [0.3, 0.4) is 0 Å². The van der Waals surface area contributed by atoms with E-state index >= 15 is 0 Å². The van der Waals surface area contributed by atoms with E-state index < -0.39 is 5.60 Å². The molecule has 0 bridgehead atoms. The molecular formula is C16H23FN2O2. The zero-order valence-electron chi connectivity index (χ0n) is 12.8. The maximum Gasteiger partial charge on any atom is 0.410 e. The van der Waals surface area contributed by atoms with Gasteiger partial charge >= 0.3 is 6.09 Å². The van der Waals surface area contributed by atoms with Crippen molar-refractivity contribution in [2.24, 2.45) is 5.73 Å². The predicted molar refractivity (Wildman–Crippen MR) is 79.5 cm³/mol. The van der Waals surface area contributed by atoms with E-state index in [1.54, 1.807) is 11.0 Å². The van der Waals surface area contributed by atoms with Gasteiger partial charge in [-0.2, -0.15) is 0 Å². The van der Waals surface area contributed by atoms with Crippen LogP contribution in [0.4, 0.5) is 9.18 Å². The van der Waals surface area contributed by atoms with Gasteiger partial charge in [-0.3, -0.25) is 0 Å². The Labute approximate surface area is 125 Å². The Morgan fingerprint density at radius 1 is 1.38 bits per heavy atom. The topological polar surface area (TPSA) is 55.6 Å². The zero-order valence-corrected chi connectivity index (χ0v) is 12.8. The van der Waals surface area contributed by atoms with E-state index in [-0.39, 0.29) is 23.9 Å². The van der Waals surface area contributed by atoms with Gasteiger partial charge in [0, 0.05) is 25.0 Å². The lowest BCUT2D eigenvalue weighted by molar-refractivity contribution is 0.0180. The Bertz CT molecular complexity index is 513. The Morgan fingerprint density at radius 3 is 2.71 bits per heavy atom. The fraction of sp³-hybridized carbons (Fsp3) is 0.562. The van der Waals surface area contributed by atoms with E-state index in [0.29, 0.717) is 13.1 Å². The number of nitrogens with zero attached hydrogens (tertiary/aromatic N) is 1. The van der Waals surface area contributed by atoms with Crippen molar-refractivity contribution in [2.75, 3.05) is 13.1 Å². The van der Waals surface area contributed by atoms with Crippen molar-refractivity contribution in [3.63, 3.8) is 0 Å². The van der Waals surface area contributed by atoms with Crippen LogP contribution < -0.4 is 5.73 Å². The molecule has 1 fully saturated rings. The maximum atomic E-state index is 13.4. The third-order valence-electron chi connectivity index (χ3n) is 3.45. The minimum absolute atomic E-state index is 0.0389. The summed E-state index contributed by atoms with van der Waals surface area (Å²) in [7, 11) is 0. The lowest BCUT2D eigenvalue weighted by Crippen LogP contribution is -2.50. The van der Waals surface area contributed by atoms with Crippen LogP contribution in [0.1, 0.15) is 38.7 Å². The zero-order chi connectivity index (χ0) is 15.6. The number of carbonyl (C=O) groups is 1. The molecule has 1 aliphatic rings. The Kier molecular flexibility index (Phi) is 4.52. The molecular weight excluding hydrogens is 271 g/mol. The lowest BCUT2D eigenvalue weighted by Gasteiger charge is -2.37. The largest absolute Gasteiger partial charge is 0.444 e. The molecule has 1 aliphatic heterocycles. The molecule has 21 heavy (non-hydrogen) atoms. The van der Waals surface area contributed by atoms with Crippen molar-refractivity contribution < 1.29 is 13.9 Å².